The second kappa shape index (κ2) is 6.09. The van der Waals surface area contributed by atoms with Gasteiger partial charge < -0.3 is 14.6 Å². The van der Waals surface area contributed by atoms with Crippen LogP contribution < -0.4 is 4.74 Å². The highest BCUT2D eigenvalue weighted by atomic mass is 16.5. The first-order chi connectivity index (χ1) is 10.0. The Hall–Kier alpha value is -2.82. The van der Waals surface area contributed by atoms with E-state index < -0.39 is 11.9 Å². The number of rotatable bonds is 4. The van der Waals surface area contributed by atoms with Crippen molar-refractivity contribution in [3.63, 3.8) is 0 Å². The topological polar surface area (TPSA) is 72.8 Å². The second-order valence-electron chi connectivity index (χ2n) is 4.32. The van der Waals surface area contributed by atoms with Crippen LogP contribution in [0, 0.1) is 0 Å². The van der Waals surface area contributed by atoms with Gasteiger partial charge >= 0.3 is 11.9 Å². The van der Waals surface area contributed by atoms with Gasteiger partial charge in [0.25, 0.3) is 0 Å². The van der Waals surface area contributed by atoms with Crippen molar-refractivity contribution in [1.29, 1.82) is 0 Å². The summed E-state index contributed by atoms with van der Waals surface area (Å²) in [7, 11) is 2.82. The molecule has 0 amide bonds. The van der Waals surface area contributed by atoms with Gasteiger partial charge in [0.1, 0.15) is 5.75 Å². The van der Waals surface area contributed by atoms with Crippen molar-refractivity contribution >= 4 is 11.9 Å². The molecule has 0 atom stereocenters. The third-order valence-electron chi connectivity index (χ3n) is 3.02. The number of carbonyl (C=O) groups is 2. The van der Waals surface area contributed by atoms with Crippen LogP contribution >= 0.6 is 0 Å². The molecule has 0 fully saturated rings. The number of carbonyl (C=O) groups excluding carboxylic acids is 1. The number of hydrogen-bond acceptors (Lipinski definition) is 4. The molecule has 1 N–H and O–H groups in total. The van der Waals surface area contributed by atoms with E-state index in [1.54, 1.807) is 37.4 Å². The minimum Gasteiger partial charge on any atom is -0.497 e. The van der Waals surface area contributed by atoms with Crippen LogP contribution in [-0.4, -0.2) is 31.3 Å². The standard InChI is InChI=1S/C16H14O5/c1-20-14-5-3-10(4-6-14)11-7-12(15(17)18)9-13(8-11)16(19)21-2/h3-9H,1-2H3,(H,17,18). The second-order valence-corrected chi connectivity index (χ2v) is 4.32. The van der Waals surface area contributed by atoms with Crippen molar-refractivity contribution in [3.8, 4) is 16.9 Å². The fourth-order valence-corrected chi connectivity index (χ4v) is 1.94. The monoisotopic (exact) mass is 286 g/mol. The van der Waals surface area contributed by atoms with Crippen LogP contribution in [0.2, 0.25) is 0 Å². The molecular formula is C16H14O5. The van der Waals surface area contributed by atoms with Crippen molar-refractivity contribution in [2.24, 2.45) is 0 Å². The van der Waals surface area contributed by atoms with Crippen molar-refractivity contribution in [3.05, 3.63) is 53.6 Å². The number of carboxylic acids is 1. The molecule has 0 radical (unpaired) electrons. The summed E-state index contributed by atoms with van der Waals surface area (Å²) in [5, 5.41) is 9.15. The fourth-order valence-electron chi connectivity index (χ4n) is 1.94. The molecule has 0 unspecified atom stereocenters. The Morgan fingerprint density at radius 3 is 2.05 bits per heavy atom. The molecule has 2 aromatic rings. The maximum atomic E-state index is 11.6. The number of carboxylic acid groups (broad SMARTS) is 1. The average Bonchev–Trinajstić information content (AvgIpc) is 2.53. The number of aromatic carboxylic acids is 1. The summed E-state index contributed by atoms with van der Waals surface area (Å²) in [5.74, 6) is -0.982. The van der Waals surface area contributed by atoms with Crippen LogP contribution in [0.25, 0.3) is 11.1 Å². The first-order valence-electron chi connectivity index (χ1n) is 6.16. The predicted octanol–water partition coefficient (Wildman–Crippen LogP) is 2.85. The minimum absolute atomic E-state index is 0.0312. The number of hydrogen-bond donors (Lipinski definition) is 1. The number of benzene rings is 2. The van der Waals surface area contributed by atoms with Gasteiger partial charge in [0.15, 0.2) is 0 Å². The SMILES string of the molecule is COC(=O)c1cc(C(=O)O)cc(-c2ccc(OC)cc2)c1. The van der Waals surface area contributed by atoms with Crippen molar-refractivity contribution < 1.29 is 24.2 Å². The molecule has 21 heavy (non-hydrogen) atoms. The van der Waals surface area contributed by atoms with Gasteiger partial charge in [0.2, 0.25) is 0 Å². The van der Waals surface area contributed by atoms with E-state index in [-0.39, 0.29) is 11.1 Å². The Balaban J connectivity index is 2.53. The van der Waals surface area contributed by atoms with Crippen LogP contribution in [0.1, 0.15) is 20.7 Å². The van der Waals surface area contributed by atoms with E-state index in [1.807, 2.05) is 0 Å². The van der Waals surface area contributed by atoms with Gasteiger partial charge in [-0.1, -0.05) is 12.1 Å². The third kappa shape index (κ3) is 3.20. The van der Waals surface area contributed by atoms with Gasteiger partial charge in [-0.2, -0.15) is 0 Å². The zero-order chi connectivity index (χ0) is 15.4. The Morgan fingerprint density at radius 2 is 1.52 bits per heavy atom. The zero-order valence-corrected chi connectivity index (χ0v) is 11.6. The molecule has 5 heteroatoms. The molecule has 0 aliphatic carbocycles. The Bertz CT molecular complexity index is 674. The highest BCUT2D eigenvalue weighted by Gasteiger charge is 2.13. The van der Waals surface area contributed by atoms with Crippen LogP contribution in [-0.2, 0) is 4.74 Å². The van der Waals surface area contributed by atoms with E-state index in [9.17, 15) is 9.59 Å². The maximum Gasteiger partial charge on any atom is 0.337 e. The van der Waals surface area contributed by atoms with Crippen LogP contribution in [0.3, 0.4) is 0 Å². The average molecular weight is 286 g/mol. The molecule has 2 rings (SSSR count). The van der Waals surface area contributed by atoms with E-state index in [1.165, 1.54) is 19.2 Å². The summed E-state index contributed by atoms with van der Waals surface area (Å²) in [4.78, 5) is 22.8. The molecule has 0 bridgehead atoms. The summed E-state index contributed by atoms with van der Waals surface area (Å²) in [6, 6.07) is 11.5. The van der Waals surface area contributed by atoms with E-state index in [4.69, 9.17) is 9.84 Å². The molecule has 0 saturated carbocycles. The van der Waals surface area contributed by atoms with Crippen molar-refractivity contribution in [1.82, 2.24) is 0 Å². The third-order valence-corrected chi connectivity index (χ3v) is 3.02. The molecule has 0 heterocycles. The Morgan fingerprint density at radius 1 is 0.905 bits per heavy atom. The Labute approximate surface area is 121 Å². The minimum atomic E-state index is -1.10. The van der Waals surface area contributed by atoms with Crippen molar-refractivity contribution in [2.75, 3.05) is 14.2 Å². The lowest BCUT2D eigenvalue weighted by molar-refractivity contribution is 0.0601. The fraction of sp³-hybridized carbons (Fsp3) is 0.125. The lowest BCUT2D eigenvalue weighted by atomic mass is 9.99. The number of esters is 1. The van der Waals surface area contributed by atoms with Crippen LogP contribution in [0.15, 0.2) is 42.5 Å². The first-order valence-corrected chi connectivity index (χ1v) is 6.16. The lowest BCUT2D eigenvalue weighted by Gasteiger charge is -2.08. The summed E-state index contributed by atoms with van der Waals surface area (Å²) in [5.41, 5.74) is 1.63. The predicted molar refractivity (Wildman–Crippen MR) is 76.7 cm³/mol. The first kappa shape index (κ1) is 14.6. The summed E-state index contributed by atoms with van der Waals surface area (Å²) in [6.07, 6.45) is 0. The van der Waals surface area contributed by atoms with E-state index in [0.717, 1.165) is 5.56 Å². The molecular weight excluding hydrogens is 272 g/mol. The molecule has 0 aromatic heterocycles. The quantitative estimate of drug-likeness (QED) is 0.875. The van der Waals surface area contributed by atoms with E-state index in [0.29, 0.717) is 11.3 Å². The molecule has 0 saturated heterocycles. The van der Waals surface area contributed by atoms with Gasteiger partial charge in [-0.05, 0) is 41.5 Å². The van der Waals surface area contributed by atoms with Crippen LogP contribution in [0.5, 0.6) is 5.75 Å². The van der Waals surface area contributed by atoms with Gasteiger partial charge in [0.05, 0.1) is 25.3 Å². The summed E-state index contributed by atoms with van der Waals surface area (Å²) < 4.78 is 9.72. The molecule has 2 aromatic carbocycles. The lowest BCUT2D eigenvalue weighted by Crippen LogP contribution is -2.05. The van der Waals surface area contributed by atoms with Gasteiger partial charge in [0, 0.05) is 0 Å². The molecule has 0 aliphatic heterocycles. The van der Waals surface area contributed by atoms with Crippen LogP contribution in [0.4, 0.5) is 0 Å². The zero-order valence-electron chi connectivity index (χ0n) is 11.6. The summed E-state index contributed by atoms with van der Waals surface area (Å²) >= 11 is 0. The maximum absolute atomic E-state index is 11.6. The van der Waals surface area contributed by atoms with E-state index in [2.05, 4.69) is 4.74 Å². The highest BCUT2D eigenvalue weighted by Crippen LogP contribution is 2.25. The van der Waals surface area contributed by atoms with Crippen molar-refractivity contribution in [2.45, 2.75) is 0 Å². The van der Waals surface area contributed by atoms with E-state index >= 15 is 0 Å². The smallest absolute Gasteiger partial charge is 0.337 e. The van der Waals surface area contributed by atoms with Gasteiger partial charge in [-0.15, -0.1) is 0 Å². The largest absolute Gasteiger partial charge is 0.497 e. The summed E-state index contributed by atoms with van der Waals surface area (Å²) in [6.45, 7) is 0. The number of ether oxygens (including phenoxy) is 2. The molecule has 0 spiro atoms. The molecule has 0 aliphatic rings. The normalized spacial score (nSPS) is 10.0. The Kier molecular flexibility index (Phi) is 4.23. The number of methoxy groups -OCH3 is 2. The highest BCUT2D eigenvalue weighted by molar-refractivity contribution is 5.96. The van der Waals surface area contributed by atoms with Gasteiger partial charge in [-0.3, -0.25) is 0 Å². The molecule has 108 valence electrons. The molecule has 5 nitrogen and oxygen atoms in total. The van der Waals surface area contributed by atoms with Gasteiger partial charge in [-0.25, -0.2) is 9.59 Å².